The second-order valence-corrected chi connectivity index (χ2v) is 8.23. The lowest BCUT2D eigenvalue weighted by Gasteiger charge is -2.53. The number of fused-ring (bicyclic) bond motifs is 1. The highest BCUT2D eigenvalue weighted by molar-refractivity contribution is 5.97. The molecule has 0 saturated heterocycles. The van der Waals surface area contributed by atoms with Gasteiger partial charge in [0.15, 0.2) is 11.2 Å². The van der Waals surface area contributed by atoms with Gasteiger partial charge in [-0.05, 0) is 35.6 Å². The Hall–Kier alpha value is -3.81. The monoisotopic (exact) mass is 416 g/mol. The molecule has 0 saturated carbocycles. The van der Waals surface area contributed by atoms with Crippen LogP contribution in [0.3, 0.4) is 0 Å². The Morgan fingerprint density at radius 2 is 1.74 bits per heavy atom. The van der Waals surface area contributed by atoms with E-state index in [2.05, 4.69) is 25.2 Å². The Morgan fingerprint density at radius 1 is 1.13 bits per heavy atom. The molecule has 0 spiro atoms. The molecule has 3 aromatic rings. The van der Waals surface area contributed by atoms with Crippen LogP contribution in [0.2, 0.25) is 0 Å². The second kappa shape index (κ2) is 6.60. The van der Waals surface area contributed by atoms with Crippen LogP contribution in [0, 0.1) is 10.3 Å². The van der Waals surface area contributed by atoms with Crippen LogP contribution >= 0.6 is 0 Å². The molecule has 3 aliphatic carbocycles. The summed E-state index contributed by atoms with van der Waals surface area (Å²) in [5, 5.41) is 6.41. The minimum absolute atomic E-state index is 0.0647. The van der Waals surface area contributed by atoms with Crippen LogP contribution in [0.5, 0.6) is 0 Å². The normalized spacial score (nSPS) is 25.3. The molecule has 0 aliphatic heterocycles. The van der Waals surface area contributed by atoms with Crippen molar-refractivity contribution >= 4 is 17.8 Å². The predicted molar refractivity (Wildman–Crippen MR) is 113 cm³/mol. The molecule has 1 amide bonds. The number of carbonyl (C=O) groups is 2. The maximum absolute atomic E-state index is 13.6. The van der Waals surface area contributed by atoms with Crippen LogP contribution in [0.4, 0.5) is 5.95 Å². The van der Waals surface area contributed by atoms with Crippen LogP contribution in [0.15, 0.2) is 59.9 Å². The zero-order chi connectivity index (χ0) is 21.8. The van der Waals surface area contributed by atoms with Gasteiger partial charge in [0, 0.05) is 12.1 Å². The molecule has 1 aromatic heterocycles. The maximum atomic E-state index is 13.6. The van der Waals surface area contributed by atoms with E-state index >= 15 is 0 Å². The zero-order valence-electron chi connectivity index (χ0n) is 17.0. The number of benzene rings is 2. The van der Waals surface area contributed by atoms with E-state index in [1.807, 2.05) is 55.5 Å². The standard InChI is InChI=1S/C23H20N4O4/c1-22(20(29)26-21-24-11-17(25-21)19(28)31-2)12-23(27-30)15-9-5-3-7-13(15)18(22)14-8-4-6-10-16(14)23/h3-11,18H,12H2,1-2H3,(H2,24,25,26,29). The first-order valence-corrected chi connectivity index (χ1v) is 9.93. The predicted octanol–water partition coefficient (Wildman–Crippen LogP) is 3.70. The lowest BCUT2D eigenvalue weighted by molar-refractivity contribution is -0.127. The first kappa shape index (κ1) is 19.2. The van der Waals surface area contributed by atoms with Gasteiger partial charge in [-0.25, -0.2) is 9.78 Å². The Balaban J connectivity index is 1.61. The molecule has 1 heterocycles. The van der Waals surface area contributed by atoms with Crippen molar-refractivity contribution in [2.24, 2.45) is 10.6 Å². The molecule has 1 unspecified atom stereocenters. The summed E-state index contributed by atoms with van der Waals surface area (Å²) in [6, 6.07) is 15.4. The summed E-state index contributed by atoms with van der Waals surface area (Å²) in [7, 11) is 1.26. The summed E-state index contributed by atoms with van der Waals surface area (Å²) < 4.78 is 4.66. The first-order chi connectivity index (χ1) is 14.9. The van der Waals surface area contributed by atoms with Crippen LogP contribution < -0.4 is 5.32 Å². The molecule has 0 radical (unpaired) electrons. The average Bonchev–Trinajstić information content (AvgIpc) is 3.27. The number of hydrogen-bond donors (Lipinski definition) is 2. The highest BCUT2D eigenvalue weighted by Gasteiger charge is 2.61. The number of nitrogens with one attached hydrogen (secondary N) is 2. The number of amides is 1. The molecule has 8 heteroatoms. The van der Waals surface area contributed by atoms with Crippen molar-refractivity contribution in [3.05, 3.63) is 87.6 Å². The van der Waals surface area contributed by atoms with Crippen LogP contribution in [-0.4, -0.2) is 29.0 Å². The number of rotatable bonds is 4. The molecule has 6 rings (SSSR count). The van der Waals surface area contributed by atoms with E-state index in [0.717, 1.165) is 22.3 Å². The minimum Gasteiger partial charge on any atom is -0.464 e. The van der Waals surface area contributed by atoms with E-state index in [4.69, 9.17) is 0 Å². The SMILES string of the molecule is COC(=O)c1c[nH]c(NC(=O)C2(C)CC3(N=O)c4ccccc4C2c2ccccc23)n1. The van der Waals surface area contributed by atoms with Crippen molar-refractivity contribution < 1.29 is 14.3 Å². The summed E-state index contributed by atoms with van der Waals surface area (Å²) in [5.41, 5.74) is 1.52. The number of esters is 1. The van der Waals surface area contributed by atoms with E-state index in [0.29, 0.717) is 0 Å². The molecule has 156 valence electrons. The van der Waals surface area contributed by atoms with Gasteiger partial charge in [-0.1, -0.05) is 53.7 Å². The Labute approximate surface area is 178 Å². The van der Waals surface area contributed by atoms with Gasteiger partial charge in [0.2, 0.25) is 11.9 Å². The zero-order valence-corrected chi connectivity index (χ0v) is 17.0. The Kier molecular flexibility index (Phi) is 4.08. The maximum Gasteiger partial charge on any atom is 0.358 e. The number of hydrogen-bond acceptors (Lipinski definition) is 6. The fourth-order valence-electron chi connectivity index (χ4n) is 5.26. The van der Waals surface area contributed by atoms with Gasteiger partial charge in [0.1, 0.15) is 0 Å². The number of carbonyl (C=O) groups excluding carboxylic acids is 2. The number of anilines is 1. The molecule has 1 atom stereocenters. The van der Waals surface area contributed by atoms with Crippen molar-refractivity contribution in [2.75, 3.05) is 12.4 Å². The fraction of sp³-hybridized carbons (Fsp3) is 0.261. The summed E-state index contributed by atoms with van der Waals surface area (Å²) in [4.78, 5) is 44.5. The third-order valence-electron chi connectivity index (χ3n) is 6.57. The molecule has 8 nitrogen and oxygen atoms in total. The first-order valence-electron chi connectivity index (χ1n) is 9.93. The third kappa shape index (κ3) is 2.51. The molecular formula is C23H20N4O4. The number of methoxy groups -OCH3 is 1. The van der Waals surface area contributed by atoms with Crippen LogP contribution in [0.1, 0.15) is 52.0 Å². The van der Waals surface area contributed by atoms with Crippen molar-refractivity contribution in [1.82, 2.24) is 9.97 Å². The Morgan fingerprint density at radius 3 is 2.32 bits per heavy atom. The molecular weight excluding hydrogens is 396 g/mol. The number of imidazole rings is 1. The highest BCUT2D eigenvalue weighted by Crippen LogP contribution is 2.64. The van der Waals surface area contributed by atoms with Crippen LogP contribution in [0.25, 0.3) is 0 Å². The molecule has 3 aliphatic rings. The molecule has 2 bridgehead atoms. The quantitative estimate of drug-likeness (QED) is 0.497. The number of aromatic nitrogens is 2. The van der Waals surface area contributed by atoms with Crippen LogP contribution in [-0.2, 0) is 15.1 Å². The van der Waals surface area contributed by atoms with E-state index in [-0.39, 0.29) is 29.9 Å². The van der Waals surface area contributed by atoms with Crippen molar-refractivity contribution in [3.63, 3.8) is 0 Å². The van der Waals surface area contributed by atoms with E-state index in [1.165, 1.54) is 13.3 Å². The van der Waals surface area contributed by atoms with Gasteiger partial charge < -0.3 is 9.72 Å². The molecule has 2 aromatic carbocycles. The number of ether oxygens (including phenoxy) is 1. The van der Waals surface area contributed by atoms with Gasteiger partial charge in [0.05, 0.1) is 12.5 Å². The van der Waals surface area contributed by atoms with Gasteiger partial charge >= 0.3 is 5.97 Å². The smallest absolute Gasteiger partial charge is 0.358 e. The fourth-order valence-corrected chi connectivity index (χ4v) is 5.26. The lowest BCUT2D eigenvalue weighted by Crippen LogP contribution is -2.53. The summed E-state index contributed by atoms with van der Waals surface area (Å²) in [6.07, 6.45) is 1.61. The van der Waals surface area contributed by atoms with Gasteiger partial charge in [-0.3, -0.25) is 10.1 Å². The van der Waals surface area contributed by atoms with Crippen molar-refractivity contribution in [2.45, 2.75) is 24.8 Å². The minimum atomic E-state index is -1.14. The van der Waals surface area contributed by atoms with Crippen molar-refractivity contribution in [1.29, 1.82) is 0 Å². The number of aromatic amines is 1. The van der Waals surface area contributed by atoms with Gasteiger partial charge in [-0.2, -0.15) is 0 Å². The molecule has 0 fully saturated rings. The molecule has 31 heavy (non-hydrogen) atoms. The number of nitroso groups, excluding NO2 is 1. The van der Waals surface area contributed by atoms with Gasteiger partial charge in [-0.15, -0.1) is 4.91 Å². The largest absolute Gasteiger partial charge is 0.464 e. The second-order valence-electron chi connectivity index (χ2n) is 8.23. The topological polar surface area (TPSA) is 114 Å². The third-order valence-corrected chi connectivity index (χ3v) is 6.57. The summed E-state index contributed by atoms with van der Waals surface area (Å²) in [6.45, 7) is 1.85. The van der Waals surface area contributed by atoms with E-state index < -0.39 is 16.9 Å². The van der Waals surface area contributed by atoms with Crippen molar-refractivity contribution in [3.8, 4) is 0 Å². The number of H-pyrrole nitrogens is 1. The van der Waals surface area contributed by atoms with E-state index in [1.54, 1.807) is 0 Å². The summed E-state index contributed by atoms with van der Waals surface area (Å²) >= 11 is 0. The molecule has 2 N–H and O–H groups in total. The average molecular weight is 416 g/mol. The number of nitrogens with zero attached hydrogens (tertiary/aromatic N) is 2. The Bertz CT molecular complexity index is 1190. The summed E-state index contributed by atoms with van der Waals surface area (Å²) in [5.74, 6) is -1.02. The highest BCUT2D eigenvalue weighted by atomic mass is 16.5. The van der Waals surface area contributed by atoms with E-state index in [9.17, 15) is 14.5 Å². The lowest BCUT2D eigenvalue weighted by atomic mass is 9.49. The van der Waals surface area contributed by atoms with Gasteiger partial charge in [0.25, 0.3) is 0 Å².